The minimum absolute atomic E-state index is 0.0847. The lowest BCUT2D eigenvalue weighted by molar-refractivity contribution is -0.133. The molecule has 0 heterocycles. The van der Waals surface area contributed by atoms with Crippen molar-refractivity contribution in [3.63, 3.8) is 0 Å². The Balaban J connectivity index is 2.03. The van der Waals surface area contributed by atoms with E-state index in [2.05, 4.69) is 4.72 Å². The second-order valence-electron chi connectivity index (χ2n) is 5.20. The largest absolute Gasteiger partial charge is 0.426 e. The van der Waals surface area contributed by atoms with Gasteiger partial charge in [-0.3, -0.25) is 9.59 Å². The molecule has 24 heavy (non-hydrogen) atoms. The number of Topliss-reactive ketones (excluding diaryl/α,β-unsaturated/α-hetero) is 1. The van der Waals surface area contributed by atoms with Crippen LogP contribution in [-0.2, 0) is 14.8 Å². The highest BCUT2D eigenvalue weighted by Gasteiger charge is 2.17. The van der Waals surface area contributed by atoms with Crippen LogP contribution in [0, 0.1) is 6.92 Å². The summed E-state index contributed by atoms with van der Waals surface area (Å²) in [5, 5.41) is 0. The fourth-order valence-electron chi connectivity index (χ4n) is 1.97. The van der Waals surface area contributed by atoms with Crippen LogP contribution >= 0.6 is 0 Å². The van der Waals surface area contributed by atoms with Crippen LogP contribution in [0.3, 0.4) is 0 Å². The molecule has 0 radical (unpaired) electrons. The zero-order chi connectivity index (χ0) is 17.7. The molecule has 0 aliphatic heterocycles. The van der Waals surface area contributed by atoms with Crippen molar-refractivity contribution in [3.8, 4) is 5.75 Å². The number of carbonyl (C=O) groups excluding carboxylic acids is 2. The smallest absolute Gasteiger partial charge is 0.326 e. The third kappa shape index (κ3) is 4.74. The topological polar surface area (TPSA) is 89.5 Å². The fourth-order valence-corrected chi connectivity index (χ4v) is 2.98. The lowest BCUT2D eigenvalue weighted by atomic mass is 10.2. The van der Waals surface area contributed by atoms with Crippen LogP contribution in [0.5, 0.6) is 5.75 Å². The van der Waals surface area contributed by atoms with Crippen molar-refractivity contribution in [1.29, 1.82) is 0 Å². The van der Waals surface area contributed by atoms with Crippen molar-refractivity contribution in [2.45, 2.75) is 18.7 Å². The molecule has 0 bridgehead atoms. The highest BCUT2D eigenvalue weighted by molar-refractivity contribution is 7.89. The highest BCUT2D eigenvalue weighted by atomic mass is 32.2. The van der Waals surface area contributed by atoms with Crippen LogP contribution in [0.1, 0.15) is 22.8 Å². The molecule has 0 aliphatic carbocycles. The SMILES string of the molecule is CC(=O)c1cccc(S(=O)(=O)NCC(=O)Oc2cccc(C)c2)c1. The summed E-state index contributed by atoms with van der Waals surface area (Å²) in [6, 6.07) is 12.5. The molecule has 6 nitrogen and oxygen atoms in total. The summed E-state index contributed by atoms with van der Waals surface area (Å²) in [6.45, 7) is 2.68. The molecule has 0 aromatic heterocycles. The Bertz CT molecular complexity index is 874. The molecule has 2 rings (SSSR count). The number of ketones is 1. The molecule has 0 saturated carbocycles. The number of aryl methyl sites for hydroxylation is 1. The Morgan fingerprint density at radius 3 is 2.46 bits per heavy atom. The van der Waals surface area contributed by atoms with Crippen LogP contribution in [0.25, 0.3) is 0 Å². The molecule has 0 aliphatic rings. The first-order chi connectivity index (χ1) is 11.3. The first-order valence-corrected chi connectivity index (χ1v) is 8.64. The normalized spacial score (nSPS) is 11.1. The van der Waals surface area contributed by atoms with Gasteiger partial charge in [-0.25, -0.2) is 8.42 Å². The van der Waals surface area contributed by atoms with E-state index in [9.17, 15) is 18.0 Å². The number of carbonyl (C=O) groups is 2. The number of sulfonamides is 1. The molecule has 7 heteroatoms. The zero-order valence-electron chi connectivity index (χ0n) is 13.3. The highest BCUT2D eigenvalue weighted by Crippen LogP contribution is 2.13. The van der Waals surface area contributed by atoms with Gasteiger partial charge in [0, 0.05) is 5.56 Å². The standard InChI is InChI=1S/C17H17NO5S/c1-12-5-3-7-15(9-12)23-17(20)11-18-24(21,22)16-8-4-6-14(10-16)13(2)19/h3-10,18H,11H2,1-2H3. The summed E-state index contributed by atoms with van der Waals surface area (Å²) in [6.07, 6.45) is 0. The summed E-state index contributed by atoms with van der Waals surface area (Å²) < 4.78 is 31.6. The van der Waals surface area contributed by atoms with E-state index in [1.54, 1.807) is 18.2 Å². The number of nitrogens with one attached hydrogen (secondary N) is 1. The van der Waals surface area contributed by atoms with Crippen molar-refractivity contribution >= 4 is 21.8 Å². The minimum atomic E-state index is -3.91. The van der Waals surface area contributed by atoms with Gasteiger partial charge < -0.3 is 4.74 Å². The molecule has 0 amide bonds. The molecule has 0 unspecified atom stereocenters. The molecule has 2 aromatic carbocycles. The minimum Gasteiger partial charge on any atom is -0.426 e. The molecule has 1 N–H and O–H groups in total. The third-order valence-corrected chi connectivity index (χ3v) is 4.58. The van der Waals surface area contributed by atoms with Gasteiger partial charge in [0.1, 0.15) is 12.3 Å². The summed E-state index contributed by atoms with van der Waals surface area (Å²) in [7, 11) is -3.91. The number of benzene rings is 2. The van der Waals surface area contributed by atoms with Crippen LogP contribution < -0.4 is 9.46 Å². The van der Waals surface area contributed by atoms with E-state index in [1.165, 1.54) is 31.2 Å². The quantitative estimate of drug-likeness (QED) is 0.491. The maximum atomic E-state index is 12.2. The molecule has 0 saturated heterocycles. The van der Waals surface area contributed by atoms with Crippen LogP contribution in [0.4, 0.5) is 0 Å². The first-order valence-electron chi connectivity index (χ1n) is 7.16. The maximum Gasteiger partial charge on any atom is 0.326 e. The summed E-state index contributed by atoms with van der Waals surface area (Å²) in [4.78, 5) is 23.0. The fraction of sp³-hybridized carbons (Fsp3) is 0.176. The number of ether oxygens (including phenoxy) is 1. The second-order valence-corrected chi connectivity index (χ2v) is 6.97. The average molecular weight is 347 g/mol. The zero-order valence-corrected chi connectivity index (χ0v) is 14.1. The van der Waals surface area contributed by atoms with Gasteiger partial charge in [0.2, 0.25) is 10.0 Å². The Hall–Kier alpha value is -2.51. The Kier molecular flexibility index (Phi) is 5.48. The molecule has 0 fully saturated rings. The summed E-state index contributed by atoms with van der Waals surface area (Å²) >= 11 is 0. The predicted molar refractivity (Wildman–Crippen MR) is 88.4 cm³/mol. The van der Waals surface area contributed by atoms with E-state index in [-0.39, 0.29) is 16.2 Å². The molecular formula is C17H17NO5S. The van der Waals surface area contributed by atoms with Crippen LogP contribution in [-0.4, -0.2) is 26.7 Å². The average Bonchev–Trinajstić information content (AvgIpc) is 2.53. The number of hydrogen-bond donors (Lipinski definition) is 1. The van der Waals surface area contributed by atoms with E-state index >= 15 is 0 Å². The Labute approximate surface area is 140 Å². The van der Waals surface area contributed by atoms with Crippen LogP contribution in [0.15, 0.2) is 53.4 Å². The van der Waals surface area contributed by atoms with Gasteiger partial charge in [0.05, 0.1) is 4.90 Å². The van der Waals surface area contributed by atoms with E-state index in [0.29, 0.717) is 5.75 Å². The predicted octanol–water partition coefficient (Wildman–Crippen LogP) is 2.08. The first kappa shape index (κ1) is 17.8. The molecular weight excluding hydrogens is 330 g/mol. The van der Waals surface area contributed by atoms with E-state index in [0.717, 1.165) is 5.56 Å². The number of esters is 1. The van der Waals surface area contributed by atoms with Gasteiger partial charge in [-0.2, -0.15) is 4.72 Å². The van der Waals surface area contributed by atoms with Gasteiger partial charge in [-0.15, -0.1) is 0 Å². The van der Waals surface area contributed by atoms with Gasteiger partial charge in [-0.05, 0) is 43.7 Å². The monoisotopic (exact) mass is 347 g/mol. The Morgan fingerprint density at radius 1 is 1.08 bits per heavy atom. The summed E-state index contributed by atoms with van der Waals surface area (Å²) in [5.74, 6) is -0.629. The lowest BCUT2D eigenvalue weighted by Crippen LogP contribution is -2.32. The maximum absolute atomic E-state index is 12.2. The van der Waals surface area contributed by atoms with E-state index in [1.807, 2.05) is 13.0 Å². The molecule has 0 spiro atoms. The number of hydrogen-bond acceptors (Lipinski definition) is 5. The van der Waals surface area contributed by atoms with Gasteiger partial charge in [-0.1, -0.05) is 24.3 Å². The van der Waals surface area contributed by atoms with Crippen molar-refractivity contribution in [2.24, 2.45) is 0 Å². The molecule has 2 aromatic rings. The van der Waals surface area contributed by atoms with Gasteiger partial charge in [0.25, 0.3) is 0 Å². The number of rotatable bonds is 6. The van der Waals surface area contributed by atoms with Crippen molar-refractivity contribution in [1.82, 2.24) is 4.72 Å². The van der Waals surface area contributed by atoms with Crippen molar-refractivity contribution in [2.75, 3.05) is 6.54 Å². The molecule has 0 atom stereocenters. The third-order valence-electron chi connectivity index (χ3n) is 3.18. The van der Waals surface area contributed by atoms with Crippen LogP contribution in [0.2, 0.25) is 0 Å². The van der Waals surface area contributed by atoms with Crippen molar-refractivity contribution < 1.29 is 22.7 Å². The van der Waals surface area contributed by atoms with Gasteiger partial charge in [0.15, 0.2) is 5.78 Å². The van der Waals surface area contributed by atoms with Gasteiger partial charge >= 0.3 is 5.97 Å². The van der Waals surface area contributed by atoms with E-state index in [4.69, 9.17) is 4.74 Å². The Morgan fingerprint density at radius 2 is 1.79 bits per heavy atom. The van der Waals surface area contributed by atoms with E-state index < -0.39 is 22.5 Å². The van der Waals surface area contributed by atoms with Crippen molar-refractivity contribution in [3.05, 3.63) is 59.7 Å². The molecule has 126 valence electrons. The summed E-state index contributed by atoms with van der Waals surface area (Å²) in [5.41, 5.74) is 1.20. The lowest BCUT2D eigenvalue weighted by Gasteiger charge is -2.08. The second kappa shape index (κ2) is 7.37.